The second-order valence-electron chi connectivity index (χ2n) is 12.6. The van der Waals surface area contributed by atoms with Gasteiger partial charge in [-0.05, 0) is 89.9 Å². The molecule has 50 heavy (non-hydrogen) atoms. The highest BCUT2D eigenvalue weighted by Gasteiger charge is 2.15. The van der Waals surface area contributed by atoms with Crippen LogP contribution in [0.2, 0.25) is 0 Å². The van der Waals surface area contributed by atoms with Gasteiger partial charge < -0.3 is 14.6 Å². The second kappa shape index (κ2) is 40.3. The third-order valence-corrected chi connectivity index (χ3v) is 7.86. The normalized spacial score (nSPS) is 13.3. The van der Waals surface area contributed by atoms with E-state index in [1.54, 1.807) is 0 Å². The summed E-state index contributed by atoms with van der Waals surface area (Å²) in [7, 11) is 0. The van der Waals surface area contributed by atoms with Crippen LogP contribution in [0.25, 0.3) is 0 Å². The van der Waals surface area contributed by atoms with Crippen LogP contribution >= 0.6 is 0 Å². The molecule has 0 amide bonds. The van der Waals surface area contributed by atoms with Crippen LogP contribution in [0.3, 0.4) is 0 Å². The molecule has 0 aliphatic rings. The molecule has 0 aromatic rings. The van der Waals surface area contributed by atoms with Gasteiger partial charge in [0.15, 0.2) is 6.10 Å². The first-order valence-electron chi connectivity index (χ1n) is 19.8. The molecule has 1 atom stereocenters. The molecule has 5 nitrogen and oxygen atoms in total. The number of hydrogen-bond acceptors (Lipinski definition) is 5. The van der Waals surface area contributed by atoms with E-state index in [9.17, 15) is 14.7 Å². The van der Waals surface area contributed by atoms with Gasteiger partial charge in [0, 0.05) is 12.8 Å². The molecule has 0 unspecified atom stereocenters. The lowest BCUT2D eigenvalue weighted by atomic mass is 10.1. The Kier molecular flexibility index (Phi) is 37.7. The largest absolute Gasteiger partial charge is 0.462 e. The summed E-state index contributed by atoms with van der Waals surface area (Å²) in [6, 6.07) is 0. The van der Waals surface area contributed by atoms with Crippen LogP contribution in [0, 0.1) is 0 Å². The minimum Gasteiger partial charge on any atom is -0.462 e. The quantitative estimate of drug-likeness (QED) is 0.0413. The van der Waals surface area contributed by atoms with E-state index < -0.39 is 6.10 Å². The van der Waals surface area contributed by atoms with Gasteiger partial charge in [-0.2, -0.15) is 0 Å². The molecule has 282 valence electrons. The zero-order valence-electron chi connectivity index (χ0n) is 31.9. The predicted octanol–water partition coefficient (Wildman–Crippen LogP) is 12.5. The number of aliphatic hydroxyl groups is 1. The third kappa shape index (κ3) is 37.6. The van der Waals surface area contributed by atoms with E-state index in [1.807, 2.05) is 12.2 Å². The van der Waals surface area contributed by atoms with Gasteiger partial charge in [-0.15, -0.1) is 0 Å². The lowest BCUT2D eigenvalue weighted by molar-refractivity contribution is -0.161. The first kappa shape index (κ1) is 46.8. The topological polar surface area (TPSA) is 72.8 Å². The fraction of sp³-hybridized carbons (Fsp3) is 0.600. The fourth-order valence-corrected chi connectivity index (χ4v) is 4.84. The molecule has 0 bridgehead atoms. The smallest absolute Gasteiger partial charge is 0.306 e. The number of carbonyl (C=O) groups excluding carboxylic acids is 2. The number of unbranched alkanes of at least 4 members (excludes halogenated alkanes) is 10. The summed E-state index contributed by atoms with van der Waals surface area (Å²) in [5, 5.41) is 9.54. The number of hydrogen-bond donors (Lipinski definition) is 1. The molecule has 0 radical (unpaired) electrons. The molecule has 0 aromatic carbocycles. The highest BCUT2D eigenvalue weighted by Crippen LogP contribution is 2.09. The summed E-state index contributed by atoms with van der Waals surface area (Å²) in [6.07, 6.45) is 56.1. The van der Waals surface area contributed by atoms with Crippen molar-refractivity contribution < 1.29 is 24.2 Å². The zero-order valence-corrected chi connectivity index (χ0v) is 31.9. The van der Waals surface area contributed by atoms with E-state index >= 15 is 0 Å². The minimum atomic E-state index is -0.819. The second-order valence-corrected chi connectivity index (χ2v) is 12.6. The van der Waals surface area contributed by atoms with Gasteiger partial charge in [-0.3, -0.25) is 9.59 Å². The van der Waals surface area contributed by atoms with E-state index in [4.69, 9.17) is 9.47 Å². The molecule has 0 saturated heterocycles. The Bertz CT molecular complexity index is 1010. The minimum absolute atomic E-state index is 0.121. The van der Waals surface area contributed by atoms with Gasteiger partial charge in [0.05, 0.1) is 6.61 Å². The SMILES string of the molecule is CCCCC/C=C\C/C=C\C/C=C\C/C=C\C/C=C\CCC(=O)OC[C@H](CO)OC(=O)CCCCCC/C=C\C/C=C\C/C=C\CCCCC. The summed E-state index contributed by atoms with van der Waals surface area (Å²) in [6.45, 7) is 3.97. The molecule has 0 saturated carbocycles. The molecular weight excluding hydrogens is 620 g/mol. The summed E-state index contributed by atoms with van der Waals surface area (Å²) in [5.41, 5.74) is 0. The van der Waals surface area contributed by atoms with Gasteiger partial charge in [0.1, 0.15) is 6.61 Å². The fourth-order valence-electron chi connectivity index (χ4n) is 4.84. The van der Waals surface area contributed by atoms with Gasteiger partial charge in [0.2, 0.25) is 0 Å². The van der Waals surface area contributed by atoms with Crippen LogP contribution in [0.5, 0.6) is 0 Å². The Balaban J connectivity index is 3.77. The van der Waals surface area contributed by atoms with E-state index in [0.717, 1.165) is 70.6 Å². The van der Waals surface area contributed by atoms with Crippen molar-refractivity contribution in [2.24, 2.45) is 0 Å². The lowest BCUT2D eigenvalue weighted by Crippen LogP contribution is -2.28. The van der Waals surface area contributed by atoms with Crippen molar-refractivity contribution >= 4 is 11.9 Å². The molecule has 0 rings (SSSR count). The summed E-state index contributed by atoms with van der Waals surface area (Å²) in [5.74, 6) is -0.723. The predicted molar refractivity (Wildman–Crippen MR) is 214 cm³/mol. The first-order valence-corrected chi connectivity index (χ1v) is 19.8. The summed E-state index contributed by atoms with van der Waals surface area (Å²) >= 11 is 0. The highest BCUT2D eigenvalue weighted by atomic mass is 16.6. The third-order valence-electron chi connectivity index (χ3n) is 7.86. The Morgan fingerprint density at radius 3 is 1.26 bits per heavy atom. The van der Waals surface area contributed by atoms with Crippen LogP contribution < -0.4 is 0 Å². The molecule has 0 heterocycles. The van der Waals surface area contributed by atoms with Crippen LogP contribution in [-0.4, -0.2) is 36.4 Å². The lowest BCUT2D eigenvalue weighted by Gasteiger charge is -2.15. The molecule has 1 N–H and O–H groups in total. The van der Waals surface area contributed by atoms with Crippen molar-refractivity contribution in [1.82, 2.24) is 0 Å². The average Bonchev–Trinajstić information content (AvgIpc) is 3.12. The first-order chi connectivity index (χ1) is 24.6. The number of allylic oxidation sites excluding steroid dienone is 16. The zero-order chi connectivity index (χ0) is 36.4. The van der Waals surface area contributed by atoms with Gasteiger partial charge in [0.25, 0.3) is 0 Å². The Labute approximate surface area is 307 Å². The number of rotatable bonds is 34. The highest BCUT2D eigenvalue weighted by molar-refractivity contribution is 5.70. The molecule has 0 fully saturated rings. The average molecular weight is 693 g/mol. The van der Waals surface area contributed by atoms with Gasteiger partial charge in [-0.25, -0.2) is 0 Å². The summed E-state index contributed by atoms with van der Waals surface area (Å²) < 4.78 is 10.5. The van der Waals surface area contributed by atoms with Crippen molar-refractivity contribution in [2.45, 2.75) is 161 Å². The number of esters is 2. The van der Waals surface area contributed by atoms with E-state index in [-0.39, 0.29) is 31.6 Å². The molecule has 0 aromatic heterocycles. The Hall–Kier alpha value is -3.18. The maximum absolute atomic E-state index is 12.2. The van der Waals surface area contributed by atoms with Crippen molar-refractivity contribution in [3.63, 3.8) is 0 Å². The van der Waals surface area contributed by atoms with Crippen molar-refractivity contribution in [3.8, 4) is 0 Å². The number of ether oxygens (including phenoxy) is 2. The van der Waals surface area contributed by atoms with Crippen LogP contribution in [0.1, 0.15) is 155 Å². The Morgan fingerprint density at radius 2 is 0.840 bits per heavy atom. The van der Waals surface area contributed by atoms with E-state index in [1.165, 1.54) is 51.4 Å². The van der Waals surface area contributed by atoms with E-state index in [2.05, 4.69) is 98.9 Å². The molecule has 0 aliphatic heterocycles. The number of carbonyl (C=O) groups is 2. The molecule has 0 spiro atoms. The number of aliphatic hydroxyl groups excluding tert-OH is 1. The van der Waals surface area contributed by atoms with Crippen molar-refractivity contribution in [1.29, 1.82) is 0 Å². The van der Waals surface area contributed by atoms with Gasteiger partial charge >= 0.3 is 11.9 Å². The maximum atomic E-state index is 12.2. The van der Waals surface area contributed by atoms with Crippen LogP contribution in [0.15, 0.2) is 97.2 Å². The monoisotopic (exact) mass is 693 g/mol. The Morgan fingerprint density at radius 1 is 0.460 bits per heavy atom. The van der Waals surface area contributed by atoms with Crippen LogP contribution in [0.4, 0.5) is 0 Å². The van der Waals surface area contributed by atoms with Crippen molar-refractivity contribution in [2.75, 3.05) is 13.2 Å². The molecular formula is C45H72O5. The van der Waals surface area contributed by atoms with Crippen molar-refractivity contribution in [3.05, 3.63) is 97.2 Å². The van der Waals surface area contributed by atoms with Gasteiger partial charge in [-0.1, -0.05) is 150 Å². The summed E-state index contributed by atoms with van der Waals surface area (Å²) in [4.78, 5) is 24.2. The molecule has 5 heteroatoms. The molecule has 0 aliphatic carbocycles. The standard InChI is InChI=1S/C45H72O5/c1-3-5-7-9-11-13-15-17-19-21-22-24-25-27-29-31-33-35-37-39-44(47)49-42-43(41-46)50-45(48)40-38-36-34-32-30-28-26-23-20-18-16-14-12-10-8-6-4-2/h11-14,17-20,22,24,26-29,33,35,43,46H,3-10,15-16,21,23,25,30-32,34,36-42H2,1-2H3/b13-11-,14-12-,19-17-,20-18-,24-22-,28-26-,29-27-,35-33-/t43-/m0/s1. The van der Waals surface area contributed by atoms with E-state index in [0.29, 0.717) is 12.8 Å². The van der Waals surface area contributed by atoms with Crippen LogP contribution in [-0.2, 0) is 19.1 Å². The maximum Gasteiger partial charge on any atom is 0.306 e.